The van der Waals surface area contributed by atoms with Gasteiger partial charge in [-0.3, -0.25) is 4.84 Å². The van der Waals surface area contributed by atoms with Gasteiger partial charge in [0.05, 0.1) is 7.11 Å². The summed E-state index contributed by atoms with van der Waals surface area (Å²) >= 11 is 0. The van der Waals surface area contributed by atoms with Crippen molar-refractivity contribution in [1.29, 1.82) is 0 Å². The molecule has 0 aliphatic rings. The van der Waals surface area contributed by atoms with Crippen LogP contribution in [-0.4, -0.2) is 7.11 Å². The van der Waals surface area contributed by atoms with Crippen molar-refractivity contribution in [1.82, 2.24) is 0 Å². The standard InChI is InChI=1S/C11H17NO2/c1-7-5-10(9(3)14-12)6-8(2)11(7)13-4/h5-6,9H,12H2,1-4H3. The van der Waals surface area contributed by atoms with E-state index in [1.54, 1.807) is 7.11 Å². The summed E-state index contributed by atoms with van der Waals surface area (Å²) in [4.78, 5) is 4.78. The quantitative estimate of drug-likeness (QED) is 0.752. The summed E-state index contributed by atoms with van der Waals surface area (Å²) in [6.45, 7) is 5.94. The molecule has 1 aromatic rings. The molecule has 1 unspecified atom stereocenters. The molecule has 3 nitrogen and oxygen atoms in total. The van der Waals surface area contributed by atoms with Crippen LogP contribution >= 0.6 is 0 Å². The predicted molar refractivity (Wildman–Crippen MR) is 56.2 cm³/mol. The van der Waals surface area contributed by atoms with Crippen molar-refractivity contribution in [3.63, 3.8) is 0 Å². The van der Waals surface area contributed by atoms with Crippen molar-refractivity contribution in [3.05, 3.63) is 28.8 Å². The third-order valence-electron chi connectivity index (χ3n) is 2.36. The molecule has 3 heteroatoms. The predicted octanol–water partition coefficient (Wildman–Crippen LogP) is 2.26. The Morgan fingerprint density at radius 3 is 2.07 bits per heavy atom. The molecule has 2 N–H and O–H groups in total. The first kappa shape index (κ1) is 11.0. The van der Waals surface area contributed by atoms with Crippen LogP contribution < -0.4 is 10.6 Å². The molecule has 0 radical (unpaired) electrons. The molecule has 14 heavy (non-hydrogen) atoms. The SMILES string of the molecule is COc1c(C)cc(C(C)ON)cc1C. The number of hydrogen-bond donors (Lipinski definition) is 1. The van der Waals surface area contributed by atoms with Crippen LogP contribution in [0.15, 0.2) is 12.1 Å². The molecule has 78 valence electrons. The average molecular weight is 195 g/mol. The van der Waals surface area contributed by atoms with Crippen molar-refractivity contribution in [3.8, 4) is 5.75 Å². The van der Waals surface area contributed by atoms with Crippen molar-refractivity contribution < 1.29 is 9.57 Å². The molecule has 1 aromatic carbocycles. The van der Waals surface area contributed by atoms with Crippen LogP contribution in [0.2, 0.25) is 0 Å². The summed E-state index contributed by atoms with van der Waals surface area (Å²) in [5.74, 6) is 6.07. The van der Waals surface area contributed by atoms with Gasteiger partial charge in [-0.15, -0.1) is 0 Å². The van der Waals surface area contributed by atoms with Gasteiger partial charge in [0.25, 0.3) is 0 Å². The zero-order valence-electron chi connectivity index (χ0n) is 9.13. The highest BCUT2D eigenvalue weighted by Gasteiger charge is 2.09. The van der Waals surface area contributed by atoms with Gasteiger partial charge in [0, 0.05) is 0 Å². The largest absolute Gasteiger partial charge is 0.496 e. The van der Waals surface area contributed by atoms with Crippen molar-refractivity contribution in [2.24, 2.45) is 5.90 Å². The highest BCUT2D eigenvalue weighted by atomic mass is 16.6. The van der Waals surface area contributed by atoms with Gasteiger partial charge in [-0.1, -0.05) is 0 Å². The van der Waals surface area contributed by atoms with Crippen molar-refractivity contribution >= 4 is 0 Å². The minimum absolute atomic E-state index is 0.0849. The van der Waals surface area contributed by atoms with Crippen LogP contribution in [-0.2, 0) is 4.84 Å². The number of benzene rings is 1. The molecule has 0 saturated heterocycles. The summed E-state index contributed by atoms with van der Waals surface area (Å²) in [5, 5.41) is 0. The Balaban J connectivity index is 3.13. The summed E-state index contributed by atoms with van der Waals surface area (Å²) < 4.78 is 5.27. The fourth-order valence-corrected chi connectivity index (χ4v) is 1.62. The van der Waals surface area contributed by atoms with Gasteiger partial charge in [0.15, 0.2) is 0 Å². The Morgan fingerprint density at radius 2 is 1.71 bits per heavy atom. The lowest BCUT2D eigenvalue weighted by Gasteiger charge is -2.14. The lowest BCUT2D eigenvalue weighted by Crippen LogP contribution is -2.06. The lowest BCUT2D eigenvalue weighted by atomic mass is 10.0. The van der Waals surface area contributed by atoms with E-state index < -0.39 is 0 Å². The fourth-order valence-electron chi connectivity index (χ4n) is 1.62. The maximum Gasteiger partial charge on any atom is 0.124 e. The Kier molecular flexibility index (Phi) is 3.49. The summed E-state index contributed by atoms with van der Waals surface area (Å²) in [6, 6.07) is 4.06. The molecule has 0 fully saturated rings. The van der Waals surface area contributed by atoms with Gasteiger partial charge in [-0.05, 0) is 49.6 Å². The van der Waals surface area contributed by atoms with Crippen molar-refractivity contribution in [2.75, 3.05) is 7.11 Å². The topological polar surface area (TPSA) is 44.5 Å². The molecule has 1 atom stereocenters. The van der Waals surface area contributed by atoms with Crippen LogP contribution in [0.3, 0.4) is 0 Å². The highest BCUT2D eigenvalue weighted by molar-refractivity contribution is 5.43. The van der Waals surface area contributed by atoms with E-state index in [0.29, 0.717) is 0 Å². The van der Waals surface area contributed by atoms with Crippen LogP contribution in [0.25, 0.3) is 0 Å². The molecule has 0 aliphatic heterocycles. The van der Waals surface area contributed by atoms with Gasteiger partial charge < -0.3 is 4.74 Å². The monoisotopic (exact) mass is 195 g/mol. The molecule has 0 spiro atoms. The number of ether oxygens (including phenoxy) is 1. The molecule has 1 rings (SSSR count). The number of nitrogens with two attached hydrogens (primary N) is 1. The van der Waals surface area contributed by atoms with Gasteiger partial charge in [0.2, 0.25) is 0 Å². The van der Waals surface area contributed by atoms with E-state index >= 15 is 0 Å². The number of hydrogen-bond acceptors (Lipinski definition) is 3. The van der Waals surface area contributed by atoms with E-state index in [-0.39, 0.29) is 6.10 Å². The van der Waals surface area contributed by atoms with E-state index in [0.717, 1.165) is 22.4 Å². The summed E-state index contributed by atoms with van der Waals surface area (Å²) in [7, 11) is 1.68. The molecule has 0 aromatic heterocycles. The zero-order valence-corrected chi connectivity index (χ0v) is 9.13. The number of rotatable bonds is 3. The Labute approximate surface area is 84.8 Å². The molecular formula is C11H17NO2. The van der Waals surface area contributed by atoms with Crippen LogP contribution in [0, 0.1) is 13.8 Å². The molecule has 0 amide bonds. The molecular weight excluding hydrogens is 178 g/mol. The van der Waals surface area contributed by atoms with E-state index in [4.69, 9.17) is 15.5 Å². The summed E-state index contributed by atoms with van der Waals surface area (Å²) in [5.41, 5.74) is 3.28. The highest BCUT2D eigenvalue weighted by Crippen LogP contribution is 2.27. The third kappa shape index (κ3) is 2.05. The van der Waals surface area contributed by atoms with Gasteiger partial charge >= 0.3 is 0 Å². The van der Waals surface area contributed by atoms with E-state index in [9.17, 15) is 0 Å². The third-order valence-corrected chi connectivity index (χ3v) is 2.36. The van der Waals surface area contributed by atoms with E-state index in [1.807, 2.05) is 32.9 Å². The smallest absolute Gasteiger partial charge is 0.124 e. The normalized spacial score (nSPS) is 12.6. The first-order chi connectivity index (χ1) is 6.60. The van der Waals surface area contributed by atoms with E-state index in [2.05, 4.69) is 0 Å². The zero-order chi connectivity index (χ0) is 10.7. The lowest BCUT2D eigenvalue weighted by molar-refractivity contribution is 0.0663. The fraction of sp³-hybridized carbons (Fsp3) is 0.455. The second kappa shape index (κ2) is 4.44. The molecule has 0 heterocycles. The van der Waals surface area contributed by atoms with Crippen LogP contribution in [0.1, 0.15) is 29.7 Å². The first-order valence-electron chi connectivity index (χ1n) is 4.60. The molecule has 0 bridgehead atoms. The Hall–Kier alpha value is -1.06. The average Bonchev–Trinajstić information content (AvgIpc) is 2.16. The second-order valence-electron chi connectivity index (χ2n) is 3.47. The van der Waals surface area contributed by atoms with Gasteiger partial charge in [-0.25, -0.2) is 5.90 Å². The molecule has 0 saturated carbocycles. The van der Waals surface area contributed by atoms with Crippen molar-refractivity contribution in [2.45, 2.75) is 26.9 Å². The number of aryl methyl sites for hydroxylation is 2. The van der Waals surface area contributed by atoms with Crippen LogP contribution in [0.5, 0.6) is 5.75 Å². The maximum absolute atomic E-state index is 5.27. The Bertz CT molecular complexity index is 300. The van der Waals surface area contributed by atoms with Gasteiger partial charge in [-0.2, -0.15) is 0 Å². The minimum Gasteiger partial charge on any atom is -0.496 e. The first-order valence-corrected chi connectivity index (χ1v) is 4.60. The summed E-state index contributed by atoms with van der Waals surface area (Å²) in [6.07, 6.45) is -0.0849. The maximum atomic E-state index is 5.27. The van der Waals surface area contributed by atoms with E-state index in [1.165, 1.54) is 0 Å². The second-order valence-corrected chi connectivity index (χ2v) is 3.47. The Morgan fingerprint density at radius 1 is 1.21 bits per heavy atom. The van der Waals surface area contributed by atoms with Crippen LogP contribution in [0.4, 0.5) is 0 Å². The minimum atomic E-state index is -0.0849. The number of methoxy groups -OCH3 is 1. The van der Waals surface area contributed by atoms with Gasteiger partial charge in [0.1, 0.15) is 11.9 Å². The molecule has 0 aliphatic carbocycles.